The smallest absolute Gasteiger partial charge is 0.256 e. The van der Waals surface area contributed by atoms with Gasteiger partial charge in [0.25, 0.3) is 5.91 Å². The summed E-state index contributed by atoms with van der Waals surface area (Å²) in [5, 5.41) is 6.94. The number of ether oxygens (including phenoxy) is 2. The molecular weight excluding hydrogens is 568 g/mol. The number of pyridine rings is 1. The predicted molar refractivity (Wildman–Crippen MR) is 163 cm³/mol. The van der Waals surface area contributed by atoms with E-state index in [1.54, 1.807) is 68.0 Å². The quantitative estimate of drug-likeness (QED) is 0.302. The highest BCUT2D eigenvalue weighted by Gasteiger charge is 2.27. The van der Waals surface area contributed by atoms with Gasteiger partial charge < -0.3 is 20.1 Å². The summed E-state index contributed by atoms with van der Waals surface area (Å²) in [6.45, 7) is 1.42. The van der Waals surface area contributed by atoms with Crippen LogP contribution >= 0.6 is 0 Å². The van der Waals surface area contributed by atoms with Gasteiger partial charge >= 0.3 is 0 Å². The van der Waals surface area contributed by atoms with Gasteiger partial charge in [-0.1, -0.05) is 30.3 Å². The van der Waals surface area contributed by atoms with Gasteiger partial charge in [-0.15, -0.1) is 0 Å². The Morgan fingerprint density at radius 1 is 0.953 bits per heavy atom. The van der Waals surface area contributed by atoms with E-state index >= 15 is 0 Å². The van der Waals surface area contributed by atoms with Gasteiger partial charge in [-0.3, -0.25) is 4.79 Å². The molecule has 4 aromatic rings. The molecule has 2 aromatic heterocycles. The molecule has 2 fully saturated rings. The number of nitrogens with zero attached hydrogens (tertiary/aromatic N) is 4. The second-order valence-electron chi connectivity index (χ2n) is 10.7. The number of morpholine rings is 1. The topological polar surface area (TPSA) is 136 Å². The highest BCUT2D eigenvalue weighted by Crippen LogP contribution is 2.33. The summed E-state index contributed by atoms with van der Waals surface area (Å²) in [5.74, 6) is 0.524. The Morgan fingerprint density at radius 3 is 2.37 bits per heavy atom. The monoisotopic (exact) mass is 602 g/mol. The maximum Gasteiger partial charge on any atom is 0.256 e. The zero-order chi connectivity index (χ0) is 29.8. The number of rotatable bonds is 8. The van der Waals surface area contributed by atoms with Crippen molar-refractivity contribution in [2.24, 2.45) is 0 Å². The fraction of sp³-hybridized carbons (Fsp3) is 0.355. The minimum atomic E-state index is -3.63. The molecule has 1 aliphatic carbocycles. The first-order chi connectivity index (χ1) is 20.9. The lowest BCUT2D eigenvalue weighted by molar-refractivity contribution is 0.0681. The van der Waals surface area contributed by atoms with Crippen molar-refractivity contribution >= 4 is 38.6 Å². The van der Waals surface area contributed by atoms with E-state index in [1.807, 2.05) is 6.07 Å². The molecule has 0 bridgehead atoms. The minimum absolute atomic E-state index is 0.214. The molecule has 0 spiro atoms. The fourth-order valence-electron chi connectivity index (χ4n) is 5.54. The molecule has 1 saturated carbocycles. The molecule has 6 rings (SSSR count). The number of fused-ring (bicyclic) bond motifs is 1. The number of benzene rings is 2. The van der Waals surface area contributed by atoms with E-state index in [0.717, 1.165) is 31.2 Å². The van der Waals surface area contributed by atoms with Crippen LogP contribution in [-0.2, 0) is 19.5 Å². The average molecular weight is 603 g/mol. The highest BCUT2D eigenvalue weighted by atomic mass is 32.2. The third-order valence-corrected chi connectivity index (χ3v) is 9.92. The summed E-state index contributed by atoms with van der Waals surface area (Å²) in [6.07, 6.45) is 7.41. The number of methoxy groups -OCH3 is 1. The van der Waals surface area contributed by atoms with E-state index in [1.165, 1.54) is 4.31 Å². The number of aromatic nitrogens is 3. The van der Waals surface area contributed by atoms with E-state index in [2.05, 4.69) is 20.6 Å². The van der Waals surface area contributed by atoms with Gasteiger partial charge in [-0.25, -0.2) is 23.4 Å². The van der Waals surface area contributed by atoms with Gasteiger partial charge in [0.2, 0.25) is 16.0 Å². The Balaban J connectivity index is 1.34. The van der Waals surface area contributed by atoms with Crippen molar-refractivity contribution in [2.75, 3.05) is 44.0 Å². The lowest BCUT2D eigenvalue weighted by Gasteiger charge is -2.28. The molecule has 2 N–H and O–H groups in total. The number of carbonyl (C=O) groups is 1. The summed E-state index contributed by atoms with van der Waals surface area (Å²) in [4.78, 5) is 27.2. The maximum absolute atomic E-state index is 13.2. The number of sulfonamides is 1. The van der Waals surface area contributed by atoms with Gasteiger partial charge in [0.05, 0.1) is 35.1 Å². The Morgan fingerprint density at radius 2 is 1.67 bits per heavy atom. The SMILES string of the molecule is CO[C@H]1CC[C@H](Nc2ncc3c(NC(=O)c4ccccc4)ncc(-c4ccc(S(=O)(=O)N5CCOCC5)cc4)c3n2)CC1. The summed E-state index contributed by atoms with van der Waals surface area (Å²) in [5.41, 5.74) is 2.52. The Bertz CT molecular complexity index is 1690. The summed E-state index contributed by atoms with van der Waals surface area (Å²) >= 11 is 0. The lowest BCUT2D eigenvalue weighted by atomic mass is 9.93. The van der Waals surface area contributed by atoms with Crippen molar-refractivity contribution in [1.29, 1.82) is 0 Å². The van der Waals surface area contributed by atoms with E-state index < -0.39 is 10.0 Å². The molecule has 224 valence electrons. The van der Waals surface area contributed by atoms with E-state index in [-0.39, 0.29) is 22.9 Å². The van der Waals surface area contributed by atoms with Crippen molar-refractivity contribution in [1.82, 2.24) is 19.3 Å². The number of nitrogens with one attached hydrogen (secondary N) is 2. The normalized spacial score (nSPS) is 19.7. The predicted octanol–water partition coefficient (Wildman–Crippen LogP) is 4.33. The number of carbonyl (C=O) groups excluding carboxylic acids is 1. The fourth-order valence-corrected chi connectivity index (χ4v) is 6.95. The van der Waals surface area contributed by atoms with Crippen LogP contribution in [0.5, 0.6) is 0 Å². The van der Waals surface area contributed by atoms with Crippen molar-refractivity contribution < 1.29 is 22.7 Å². The molecule has 2 aromatic carbocycles. The number of hydrogen-bond acceptors (Lipinski definition) is 9. The van der Waals surface area contributed by atoms with E-state index in [9.17, 15) is 13.2 Å². The van der Waals surface area contributed by atoms with Crippen molar-refractivity contribution in [3.63, 3.8) is 0 Å². The second kappa shape index (κ2) is 12.7. The lowest BCUT2D eigenvalue weighted by Crippen LogP contribution is -2.40. The van der Waals surface area contributed by atoms with Crippen molar-refractivity contribution in [3.8, 4) is 11.1 Å². The van der Waals surface area contributed by atoms with Gasteiger partial charge in [-0.2, -0.15) is 4.31 Å². The zero-order valence-corrected chi connectivity index (χ0v) is 24.7. The third-order valence-electron chi connectivity index (χ3n) is 8.00. The van der Waals surface area contributed by atoms with Crippen LogP contribution in [0, 0.1) is 0 Å². The Labute approximate surface area is 250 Å². The second-order valence-corrected chi connectivity index (χ2v) is 12.6. The first-order valence-corrected chi connectivity index (χ1v) is 15.9. The van der Waals surface area contributed by atoms with E-state index in [4.69, 9.17) is 14.5 Å². The number of anilines is 2. The van der Waals surface area contributed by atoms with Crippen LogP contribution in [0.25, 0.3) is 22.0 Å². The van der Waals surface area contributed by atoms with Gasteiger partial charge in [0, 0.05) is 49.8 Å². The largest absolute Gasteiger partial charge is 0.381 e. The first-order valence-electron chi connectivity index (χ1n) is 14.4. The van der Waals surface area contributed by atoms with Crippen LogP contribution in [0.3, 0.4) is 0 Å². The minimum Gasteiger partial charge on any atom is -0.381 e. The molecule has 3 heterocycles. The maximum atomic E-state index is 13.2. The van der Waals surface area contributed by atoms with E-state index in [0.29, 0.717) is 60.1 Å². The van der Waals surface area contributed by atoms with Crippen LogP contribution in [0.2, 0.25) is 0 Å². The zero-order valence-electron chi connectivity index (χ0n) is 23.9. The van der Waals surface area contributed by atoms with Crippen LogP contribution in [0.1, 0.15) is 36.0 Å². The van der Waals surface area contributed by atoms with Gasteiger partial charge in [-0.05, 0) is 55.5 Å². The Kier molecular flexibility index (Phi) is 8.61. The third kappa shape index (κ3) is 6.37. The van der Waals surface area contributed by atoms with Crippen LogP contribution in [-0.4, -0.2) is 79.1 Å². The number of amides is 1. The van der Waals surface area contributed by atoms with Crippen molar-refractivity contribution in [2.45, 2.75) is 42.7 Å². The molecule has 12 heteroatoms. The van der Waals surface area contributed by atoms with Crippen LogP contribution in [0.15, 0.2) is 71.9 Å². The summed E-state index contributed by atoms with van der Waals surface area (Å²) in [6, 6.07) is 15.8. The molecule has 1 aliphatic heterocycles. The standard InChI is InChI=1S/C31H34N6O5S/c1-41-24-11-9-23(10-12-24)34-31-33-20-27-28(35-31)26(19-32-29(27)36-30(38)22-5-3-2-4-6-22)21-7-13-25(14-8-21)43(39,40)37-15-17-42-18-16-37/h2-8,13-14,19-20,23-24H,9-12,15-18H2,1H3,(H,32,36,38)(H,33,34,35)/t23-,24-. The summed E-state index contributed by atoms with van der Waals surface area (Å²) in [7, 11) is -1.88. The molecule has 0 atom stereocenters. The average Bonchev–Trinajstić information content (AvgIpc) is 3.06. The molecule has 2 aliphatic rings. The first kappa shape index (κ1) is 29.1. The van der Waals surface area contributed by atoms with Gasteiger partial charge in [0.15, 0.2) is 0 Å². The Hall–Kier alpha value is -3.97. The molecule has 43 heavy (non-hydrogen) atoms. The molecule has 0 radical (unpaired) electrons. The molecule has 1 amide bonds. The molecule has 1 saturated heterocycles. The highest BCUT2D eigenvalue weighted by molar-refractivity contribution is 7.89. The number of hydrogen-bond donors (Lipinski definition) is 2. The molecule has 0 unspecified atom stereocenters. The van der Waals surface area contributed by atoms with Gasteiger partial charge in [0.1, 0.15) is 5.82 Å². The molecular formula is C31H34N6O5S. The van der Waals surface area contributed by atoms with Crippen LogP contribution in [0.4, 0.5) is 11.8 Å². The van der Waals surface area contributed by atoms with Crippen molar-refractivity contribution in [3.05, 3.63) is 72.6 Å². The molecule has 11 nitrogen and oxygen atoms in total. The van der Waals surface area contributed by atoms with Crippen LogP contribution < -0.4 is 10.6 Å². The summed E-state index contributed by atoms with van der Waals surface area (Å²) < 4.78 is 38.6.